The molecule has 1 fully saturated rings. The van der Waals surface area contributed by atoms with Crippen molar-refractivity contribution < 1.29 is 5.11 Å². The second-order valence-corrected chi connectivity index (χ2v) is 3.64. The zero-order valence-electron chi connectivity index (χ0n) is 7.56. The third kappa shape index (κ3) is 1.57. The van der Waals surface area contributed by atoms with Gasteiger partial charge >= 0.3 is 0 Å². The van der Waals surface area contributed by atoms with Crippen LogP contribution in [0.5, 0.6) is 0 Å². The molecule has 2 unspecified atom stereocenters. The highest BCUT2D eigenvalue weighted by Gasteiger charge is 2.38. The van der Waals surface area contributed by atoms with E-state index in [0.717, 1.165) is 13.0 Å². The largest absolute Gasteiger partial charge is 0.394 e. The lowest BCUT2D eigenvalue weighted by molar-refractivity contribution is 0.132. The van der Waals surface area contributed by atoms with E-state index in [-0.39, 0.29) is 5.54 Å². The third-order valence-corrected chi connectivity index (χ3v) is 3.01. The zero-order chi connectivity index (χ0) is 8.32. The standard InChI is InChI=1S/C9H19NO/c1-3-10-9(7-11)6-4-5-8(9)2/h8,10-11H,3-7H2,1-2H3. The SMILES string of the molecule is CCNC1(CO)CCCC1C. The third-order valence-electron chi connectivity index (χ3n) is 3.01. The van der Waals surface area contributed by atoms with Crippen molar-refractivity contribution >= 4 is 0 Å². The van der Waals surface area contributed by atoms with Crippen LogP contribution in [0, 0.1) is 5.92 Å². The summed E-state index contributed by atoms with van der Waals surface area (Å²) >= 11 is 0. The van der Waals surface area contributed by atoms with E-state index in [1.165, 1.54) is 12.8 Å². The molecule has 0 aromatic carbocycles. The first kappa shape index (κ1) is 9.01. The first-order valence-electron chi connectivity index (χ1n) is 4.61. The highest BCUT2D eigenvalue weighted by atomic mass is 16.3. The van der Waals surface area contributed by atoms with Gasteiger partial charge in [-0.1, -0.05) is 20.3 Å². The van der Waals surface area contributed by atoms with Crippen LogP contribution in [-0.2, 0) is 0 Å². The summed E-state index contributed by atoms with van der Waals surface area (Å²) in [5.41, 5.74) is 0.0503. The van der Waals surface area contributed by atoms with Gasteiger partial charge in [0.15, 0.2) is 0 Å². The van der Waals surface area contributed by atoms with E-state index in [4.69, 9.17) is 0 Å². The van der Waals surface area contributed by atoms with Crippen LogP contribution in [0.25, 0.3) is 0 Å². The van der Waals surface area contributed by atoms with Crippen LogP contribution >= 0.6 is 0 Å². The molecular formula is C9H19NO. The molecule has 0 aromatic heterocycles. The van der Waals surface area contributed by atoms with E-state index in [1.807, 2.05) is 0 Å². The molecule has 2 nitrogen and oxygen atoms in total. The van der Waals surface area contributed by atoms with Crippen LogP contribution in [0.1, 0.15) is 33.1 Å². The van der Waals surface area contributed by atoms with E-state index in [0.29, 0.717) is 12.5 Å². The van der Waals surface area contributed by atoms with Crippen molar-refractivity contribution in [1.29, 1.82) is 0 Å². The number of likely N-dealkylation sites (N-methyl/N-ethyl adjacent to an activating group) is 1. The summed E-state index contributed by atoms with van der Waals surface area (Å²) in [6.07, 6.45) is 3.65. The summed E-state index contributed by atoms with van der Waals surface area (Å²) in [5, 5.41) is 12.7. The highest BCUT2D eigenvalue weighted by molar-refractivity contribution is 4.96. The topological polar surface area (TPSA) is 32.3 Å². The molecule has 0 aliphatic heterocycles. The van der Waals surface area contributed by atoms with Crippen LogP contribution in [0.15, 0.2) is 0 Å². The van der Waals surface area contributed by atoms with Crippen molar-refractivity contribution in [2.24, 2.45) is 5.92 Å². The van der Waals surface area contributed by atoms with Crippen molar-refractivity contribution in [3.8, 4) is 0 Å². The maximum Gasteiger partial charge on any atom is 0.0615 e. The van der Waals surface area contributed by atoms with Gasteiger partial charge < -0.3 is 10.4 Å². The van der Waals surface area contributed by atoms with Crippen LogP contribution in [-0.4, -0.2) is 23.8 Å². The molecule has 1 rings (SSSR count). The molecule has 1 aliphatic carbocycles. The van der Waals surface area contributed by atoms with Crippen molar-refractivity contribution in [2.45, 2.75) is 38.6 Å². The van der Waals surface area contributed by atoms with Crippen molar-refractivity contribution in [3.05, 3.63) is 0 Å². The minimum absolute atomic E-state index is 0.0503. The number of aliphatic hydroxyl groups excluding tert-OH is 1. The molecule has 2 atom stereocenters. The van der Waals surface area contributed by atoms with E-state index < -0.39 is 0 Å². The average Bonchev–Trinajstić information content (AvgIpc) is 2.35. The summed E-state index contributed by atoms with van der Waals surface area (Å²) in [6, 6.07) is 0. The molecule has 1 aliphatic rings. The van der Waals surface area contributed by atoms with Gasteiger partial charge in [0.1, 0.15) is 0 Å². The van der Waals surface area contributed by atoms with Gasteiger partial charge in [-0.05, 0) is 25.3 Å². The fourth-order valence-corrected chi connectivity index (χ4v) is 2.15. The lowest BCUT2D eigenvalue weighted by atomic mass is 9.89. The van der Waals surface area contributed by atoms with Gasteiger partial charge in [-0.15, -0.1) is 0 Å². The van der Waals surface area contributed by atoms with Crippen LogP contribution in [0.2, 0.25) is 0 Å². The summed E-state index contributed by atoms with van der Waals surface area (Å²) in [7, 11) is 0. The lowest BCUT2D eigenvalue weighted by Gasteiger charge is -2.32. The first-order valence-corrected chi connectivity index (χ1v) is 4.61. The Balaban J connectivity index is 2.57. The second kappa shape index (κ2) is 3.55. The maximum atomic E-state index is 9.26. The fraction of sp³-hybridized carbons (Fsp3) is 1.00. The Kier molecular flexibility index (Phi) is 2.90. The Morgan fingerprint density at radius 2 is 2.36 bits per heavy atom. The predicted octanol–water partition coefficient (Wildman–Crippen LogP) is 1.15. The number of aliphatic hydroxyl groups is 1. The van der Waals surface area contributed by atoms with Gasteiger partial charge in [-0.2, -0.15) is 0 Å². The molecule has 0 aromatic rings. The van der Waals surface area contributed by atoms with Gasteiger partial charge in [-0.25, -0.2) is 0 Å². The molecular weight excluding hydrogens is 138 g/mol. The number of nitrogens with one attached hydrogen (secondary N) is 1. The van der Waals surface area contributed by atoms with Gasteiger partial charge in [0, 0.05) is 5.54 Å². The Morgan fingerprint density at radius 3 is 2.73 bits per heavy atom. The monoisotopic (exact) mass is 157 g/mol. The summed E-state index contributed by atoms with van der Waals surface area (Å²) in [4.78, 5) is 0. The first-order chi connectivity index (χ1) is 5.25. The van der Waals surface area contributed by atoms with Gasteiger partial charge in [0.2, 0.25) is 0 Å². The molecule has 0 bridgehead atoms. The smallest absolute Gasteiger partial charge is 0.0615 e. The lowest BCUT2D eigenvalue weighted by Crippen LogP contribution is -2.50. The molecule has 11 heavy (non-hydrogen) atoms. The van der Waals surface area contributed by atoms with Crippen molar-refractivity contribution in [1.82, 2.24) is 5.32 Å². The van der Waals surface area contributed by atoms with E-state index in [1.54, 1.807) is 0 Å². The van der Waals surface area contributed by atoms with E-state index >= 15 is 0 Å². The summed E-state index contributed by atoms with van der Waals surface area (Å²) in [5.74, 6) is 0.632. The minimum Gasteiger partial charge on any atom is -0.394 e. The summed E-state index contributed by atoms with van der Waals surface area (Å²) < 4.78 is 0. The van der Waals surface area contributed by atoms with Crippen molar-refractivity contribution in [3.63, 3.8) is 0 Å². The van der Waals surface area contributed by atoms with Crippen LogP contribution < -0.4 is 5.32 Å². The van der Waals surface area contributed by atoms with Gasteiger partial charge in [0.25, 0.3) is 0 Å². The number of hydrogen-bond donors (Lipinski definition) is 2. The van der Waals surface area contributed by atoms with Crippen molar-refractivity contribution in [2.75, 3.05) is 13.2 Å². The summed E-state index contributed by atoms with van der Waals surface area (Å²) in [6.45, 7) is 5.58. The molecule has 0 spiro atoms. The Labute approximate surface area is 69.0 Å². The number of hydrogen-bond acceptors (Lipinski definition) is 2. The molecule has 2 heteroatoms. The normalized spacial score (nSPS) is 37.9. The average molecular weight is 157 g/mol. The Morgan fingerprint density at radius 1 is 1.64 bits per heavy atom. The van der Waals surface area contributed by atoms with E-state index in [2.05, 4.69) is 19.2 Å². The maximum absolute atomic E-state index is 9.26. The molecule has 0 amide bonds. The van der Waals surface area contributed by atoms with Crippen LogP contribution in [0.3, 0.4) is 0 Å². The Hall–Kier alpha value is -0.0800. The zero-order valence-corrected chi connectivity index (χ0v) is 7.56. The molecule has 2 N–H and O–H groups in total. The highest BCUT2D eigenvalue weighted by Crippen LogP contribution is 2.34. The molecule has 1 saturated carbocycles. The minimum atomic E-state index is 0.0503. The molecule has 66 valence electrons. The van der Waals surface area contributed by atoms with Gasteiger partial charge in [-0.3, -0.25) is 0 Å². The van der Waals surface area contributed by atoms with E-state index in [9.17, 15) is 5.11 Å². The Bertz CT molecular complexity index is 127. The second-order valence-electron chi connectivity index (χ2n) is 3.64. The quantitative estimate of drug-likeness (QED) is 0.644. The molecule has 0 saturated heterocycles. The molecule has 0 radical (unpaired) electrons. The van der Waals surface area contributed by atoms with Gasteiger partial charge in [0.05, 0.1) is 6.61 Å². The van der Waals surface area contributed by atoms with Crippen LogP contribution in [0.4, 0.5) is 0 Å². The fourth-order valence-electron chi connectivity index (χ4n) is 2.15. The number of rotatable bonds is 3. The molecule has 0 heterocycles. The predicted molar refractivity (Wildman–Crippen MR) is 46.5 cm³/mol.